The molecule has 0 heterocycles. The SMILES string of the molecule is C.C.C.C.C.C.C.C.C.C.C.C.C.C.C.C.C.C.C.C.C.C.C.C.N=C=O.N=C=O. The van der Waals surface area contributed by atoms with Crippen LogP contribution in [0.2, 0.25) is 0 Å². The van der Waals surface area contributed by atoms with Crippen molar-refractivity contribution in [2.24, 2.45) is 0 Å². The number of isocyanates is 2. The molecule has 30 heavy (non-hydrogen) atoms. The van der Waals surface area contributed by atoms with Crippen LogP contribution in [0.4, 0.5) is 0 Å². The minimum Gasteiger partial charge on any atom is -0.222 e. The molecule has 0 radical (unpaired) electrons. The van der Waals surface area contributed by atoms with Crippen molar-refractivity contribution in [3.63, 3.8) is 0 Å². The largest absolute Gasteiger partial charge is 0.231 e. The van der Waals surface area contributed by atoms with Gasteiger partial charge in [0.05, 0.1) is 0 Å². The molecule has 0 aromatic heterocycles. The van der Waals surface area contributed by atoms with E-state index < -0.39 is 0 Å². The molecule has 4 nitrogen and oxygen atoms in total. The molecule has 0 fully saturated rings. The van der Waals surface area contributed by atoms with Crippen molar-refractivity contribution in [3.05, 3.63) is 0 Å². The zero-order valence-electron chi connectivity index (χ0n) is 2.82. The Balaban J connectivity index is -0.000000000247. The predicted octanol–water partition coefficient (Wildman–Crippen LogP) is 15.1. The Bertz CT molecular complexity index is 75.0. The summed E-state index contributed by atoms with van der Waals surface area (Å²) in [4.78, 5) is 16.7. The summed E-state index contributed by atoms with van der Waals surface area (Å²) in [5.74, 6) is 0. The topological polar surface area (TPSA) is 81.8 Å². The molecular formula is C26H98N2O2. The van der Waals surface area contributed by atoms with Gasteiger partial charge in [0.1, 0.15) is 0 Å². The molecule has 0 aliphatic heterocycles. The lowest BCUT2D eigenvalue weighted by molar-refractivity contribution is 0.562. The zero-order chi connectivity index (χ0) is 5.41. The fourth-order valence-corrected chi connectivity index (χ4v) is 0. The van der Waals surface area contributed by atoms with Gasteiger partial charge in [-0.15, -0.1) is 0 Å². The van der Waals surface area contributed by atoms with Crippen LogP contribution in [-0.2, 0) is 9.59 Å². The van der Waals surface area contributed by atoms with Crippen molar-refractivity contribution in [3.8, 4) is 0 Å². The maximum absolute atomic E-state index is 8.35. The summed E-state index contributed by atoms with van der Waals surface area (Å²) in [6, 6.07) is 0. The van der Waals surface area contributed by atoms with Gasteiger partial charge in [0, 0.05) is 0 Å². The number of nitrogens with one attached hydrogen (secondary N) is 2. The average molecular weight is 471 g/mol. The second-order valence-electron chi connectivity index (χ2n) is 0.204. The van der Waals surface area contributed by atoms with E-state index in [1.165, 1.54) is 0 Å². The Hall–Kier alpha value is -1.24. The number of rotatable bonds is 0. The van der Waals surface area contributed by atoms with E-state index in [9.17, 15) is 0 Å². The third-order valence-electron chi connectivity index (χ3n) is 0. The van der Waals surface area contributed by atoms with E-state index >= 15 is 0 Å². The second-order valence-corrected chi connectivity index (χ2v) is 0.204. The van der Waals surface area contributed by atoms with Gasteiger partial charge in [0.25, 0.3) is 0 Å². The van der Waals surface area contributed by atoms with Gasteiger partial charge >= 0.3 is 0 Å². The molecule has 0 aliphatic carbocycles. The van der Waals surface area contributed by atoms with Crippen molar-refractivity contribution >= 4 is 12.2 Å². The summed E-state index contributed by atoms with van der Waals surface area (Å²) in [6.07, 6.45) is 1.50. The lowest BCUT2D eigenvalue weighted by Gasteiger charge is -1.02. The Labute approximate surface area is 211 Å². The molecule has 2 N–H and O–H groups in total. The van der Waals surface area contributed by atoms with Crippen LogP contribution in [-0.4, -0.2) is 12.2 Å². The first-order valence-corrected chi connectivity index (χ1v) is 0.908. The highest BCUT2D eigenvalue weighted by molar-refractivity contribution is 5.26. The van der Waals surface area contributed by atoms with Crippen molar-refractivity contribution in [1.29, 1.82) is 10.8 Å². The normalized spacial score (nSPS) is 0.533. The maximum Gasteiger partial charge on any atom is 0.231 e. The van der Waals surface area contributed by atoms with E-state index in [0.29, 0.717) is 0 Å². The Morgan fingerprint density at radius 1 is 0.233 bits per heavy atom. The standard InChI is InChI=1S/2CHNO.24CH4/c2*2-1-3;;;;;;;;;;;;;;;;;;;;;;;;/h2*2H;24*1H4. The molecule has 0 saturated carbocycles. The first-order chi connectivity index (χ1) is 2.83. The van der Waals surface area contributed by atoms with E-state index in [2.05, 4.69) is 0 Å². The molecule has 0 amide bonds. The first kappa shape index (κ1) is 2910. The summed E-state index contributed by atoms with van der Waals surface area (Å²) < 4.78 is 0. The third kappa shape index (κ3) is 11500. The molecule has 0 spiro atoms. The van der Waals surface area contributed by atoms with Crippen molar-refractivity contribution in [2.75, 3.05) is 0 Å². The van der Waals surface area contributed by atoms with Gasteiger partial charge in [-0.05, 0) is 0 Å². The highest BCUT2D eigenvalue weighted by Crippen LogP contribution is 0.871. The molecule has 0 aliphatic rings. The molecule has 0 unspecified atom stereocenters. The molecule has 0 saturated heterocycles. The number of hydrogen-bond donors (Lipinski definition) is 2. The highest BCUT2D eigenvalue weighted by atomic mass is 16.1. The number of carbonyl (C=O) groups excluding carboxylic acids is 2. The minimum absolute atomic E-state index is 0. The van der Waals surface area contributed by atoms with Crippen LogP contribution in [0.25, 0.3) is 0 Å². The van der Waals surface area contributed by atoms with Crippen LogP contribution in [0.15, 0.2) is 0 Å². The van der Waals surface area contributed by atoms with Gasteiger partial charge in [-0.25, -0.2) is 20.4 Å². The van der Waals surface area contributed by atoms with Crippen LogP contribution in [0.1, 0.15) is 178 Å². The van der Waals surface area contributed by atoms with E-state index in [-0.39, 0.29) is 178 Å². The van der Waals surface area contributed by atoms with E-state index in [0.717, 1.165) is 12.2 Å². The first-order valence-electron chi connectivity index (χ1n) is 0.908. The molecule has 0 bridgehead atoms. The molecule has 0 aromatic rings. The fourth-order valence-electron chi connectivity index (χ4n) is 0. The smallest absolute Gasteiger partial charge is 0.222 e. The monoisotopic (exact) mass is 471 g/mol. The lowest BCUT2D eigenvalue weighted by Crippen LogP contribution is -1.16. The maximum atomic E-state index is 8.35. The summed E-state index contributed by atoms with van der Waals surface area (Å²) in [6.45, 7) is 0. The van der Waals surface area contributed by atoms with Gasteiger partial charge in [0.15, 0.2) is 0 Å². The molecule has 0 aromatic carbocycles. The predicted molar refractivity (Wildman–Crippen MR) is 178 cm³/mol. The van der Waals surface area contributed by atoms with Gasteiger partial charge in [-0.1, -0.05) is 178 Å². The Morgan fingerprint density at radius 2 is 0.233 bits per heavy atom. The zero-order valence-corrected chi connectivity index (χ0v) is 2.82. The number of hydrogen-bond acceptors (Lipinski definition) is 4. The Kier molecular flexibility index (Phi) is 3340000. The molecule has 224 valence electrons. The van der Waals surface area contributed by atoms with Crippen LogP contribution >= 0.6 is 0 Å². The summed E-state index contributed by atoms with van der Waals surface area (Å²) in [5, 5.41) is 10.8. The molecule has 0 atom stereocenters. The van der Waals surface area contributed by atoms with Gasteiger partial charge in [-0.2, -0.15) is 0 Å². The Morgan fingerprint density at radius 3 is 0.233 bits per heavy atom. The molecular weight excluding hydrogens is 372 g/mol. The second kappa shape index (κ2) is 34400. The van der Waals surface area contributed by atoms with Crippen LogP contribution in [0.3, 0.4) is 0 Å². The summed E-state index contributed by atoms with van der Waals surface area (Å²) in [7, 11) is 0. The molecule has 0 rings (SSSR count). The van der Waals surface area contributed by atoms with Crippen molar-refractivity contribution in [1.82, 2.24) is 0 Å². The van der Waals surface area contributed by atoms with Crippen LogP contribution in [0, 0.1) is 10.8 Å². The van der Waals surface area contributed by atoms with Crippen LogP contribution < -0.4 is 0 Å². The fraction of sp³-hybridized carbons (Fsp3) is 0.923. The van der Waals surface area contributed by atoms with Gasteiger partial charge in [-0.3, -0.25) is 0 Å². The highest BCUT2D eigenvalue weighted by Gasteiger charge is 1.04. The van der Waals surface area contributed by atoms with Gasteiger partial charge in [0.2, 0.25) is 12.2 Å². The molecule has 4 heteroatoms. The quantitative estimate of drug-likeness (QED) is 0.272. The van der Waals surface area contributed by atoms with E-state index in [1.807, 2.05) is 0 Å². The van der Waals surface area contributed by atoms with Crippen molar-refractivity contribution < 1.29 is 9.59 Å². The summed E-state index contributed by atoms with van der Waals surface area (Å²) in [5.41, 5.74) is 0. The van der Waals surface area contributed by atoms with E-state index in [4.69, 9.17) is 20.4 Å². The van der Waals surface area contributed by atoms with E-state index in [1.54, 1.807) is 0 Å². The van der Waals surface area contributed by atoms with Crippen LogP contribution in [0.5, 0.6) is 0 Å². The third-order valence-corrected chi connectivity index (χ3v) is 0. The summed E-state index contributed by atoms with van der Waals surface area (Å²) >= 11 is 0. The van der Waals surface area contributed by atoms with Gasteiger partial charge < -0.3 is 0 Å². The van der Waals surface area contributed by atoms with Crippen molar-refractivity contribution in [2.45, 2.75) is 178 Å². The minimum atomic E-state index is 0. The average Bonchev–Trinajstić information content (AvgIpc) is 1.39. The lowest BCUT2D eigenvalue weighted by atomic mass is 11.7.